The summed E-state index contributed by atoms with van der Waals surface area (Å²) >= 11 is 1.10. The summed E-state index contributed by atoms with van der Waals surface area (Å²) in [5.74, 6) is -0.216. The molecule has 0 saturated heterocycles. The topological polar surface area (TPSA) is 97.1 Å². The van der Waals surface area contributed by atoms with Gasteiger partial charge in [0.1, 0.15) is 0 Å². The zero-order valence-electron chi connectivity index (χ0n) is 11.5. The van der Waals surface area contributed by atoms with Crippen molar-refractivity contribution >= 4 is 23.6 Å². The highest BCUT2D eigenvalue weighted by atomic mass is 32.2. The summed E-state index contributed by atoms with van der Waals surface area (Å²) in [5.41, 5.74) is 6.34. The molecule has 0 aliphatic rings. The maximum Gasteiger partial charge on any atom is 0.277 e. The van der Waals surface area contributed by atoms with Crippen LogP contribution in [0.2, 0.25) is 0 Å². The first kappa shape index (κ1) is 15.0. The molecule has 0 radical (unpaired) electrons. The summed E-state index contributed by atoms with van der Waals surface area (Å²) in [6.07, 6.45) is 0. The van der Waals surface area contributed by atoms with Gasteiger partial charge in [-0.2, -0.15) is 0 Å². The van der Waals surface area contributed by atoms with Crippen molar-refractivity contribution in [2.24, 2.45) is 0 Å². The van der Waals surface area contributed by atoms with E-state index in [0.29, 0.717) is 11.1 Å². The van der Waals surface area contributed by atoms with Crippen LogP contribution in [0.3, 0.4) is 0 Å². The molecule has 0 atom stereocenters. The van der Waals surface area contributed by atoms with E-state index in [9.17, 15) is 9.59 Å². The lowest BCUT2D eigenvalue weighted by molar-refractivity contribution is -0.126. The number of hydrazine groups is 1. The van der Waals surface area contributed by atoms with Gasteiger partial charge in [-0.15, -0.1) is 10.2 Å². The number of thioether (sulfide) groups is 1. The average molecular weight is 306 g/mol. The fourth-order valence-electron chi connectivity index (χ4n) is 1.51. The zero-order chi connectivity index (χ0) is 15.2. The summed E-state index contributed by atoms with van der Waals surface area (Å²) in [5, 5.41) is 8.14. The van der Waals surface area contributed by atoms with E-state index >= 15 is 0 Å². The Morgan fingerprint density at radius 2 is 2.00 bits per heavy atom. The van der Waals surface area contributed by atoms with E-state index in [2.05, 4.69) is 21.0 Å². The lowest BCUT2D eigenvalue weighted by Gasteiger charge is -2.02. The Kier molecular flexibility index (Phi) is 4.94. The molecule has 1 heterocycles. The van der Waals surface area contributed by atoms with E-state index in [-0.39, 0.29) is 17.6 Å². The van der Waals surface area contributed by atoms with Crippen LogP contribution in [0.1, 0.15) is 12.5 Å². The predicted molar refractivity (Wildman–Crippen MR) is 77.2 cm³/mol. The fraction of sp³-hybridized carbons (Fsp3) is 0.231. The molecule has 2 aromatic rings. The summed E-state index contributed by atoms with van der Waals surface area (Å²) in [7, 11) is 0. The molecule has 1 aromatic heterocycles. The van der Waals surface area contributed by atoms with E-state index in [1.165, 1.54) is 6.92 Å². The van der Waals surface area contributed by atoms with Gasteiger partial charge in [0.05, 0.1) is 5.75 Å². The van der Waals surface area contributed by atoms with Gasteiger partial charge in [-0.25, -0.2) is 0 Å². The van der Waals surface area contributed by atoms with Gasteiger partial charge in [0.15, 0.2) is 0 Å². The third-order valence-corrected chi connectivity index (χ3v) is 3.31. The number of nitrogens with zero attached hydrogens (tertiary/aromatic N) is 2. The Labute approximate surface area is 125 Å². The smallest absolute Gasteiger partial charge is 0.277 e. The molecule has 0 unspecified atom stereocenters. The second kappa shape index (κ2) is 6.89. The maximum atomic E-state index is 11.4. The van der Waals surface area contributed by atoms with Crippen LogP contribution < -0.4 is 10.9 Å². The molecule has 7 nitrogen and oxygen atoms in total. The van der Waals surface area contributed by atoms with E-state index in [1.54, 1.807) is 0 Å². The fourth-order valence-corrected chi connectivity index (χ4v) is 2.07. The Bertz CT molecular complexity index is 656. The van der Waals surface area contributed by atoms with Crippen LogP contribution in [0.4, 0.5) is 0 Å². The highest BCUT2D eigenvalue weighted by Gasteiger charge is 2.12. The number of carbonyl (C=O) groups excluding carboxylic acids is 2. The van der Waals surface area contributed by atoms with E-state index in [0.717, 1.165) is 22.9 Å². The van der Waals surface area contributed by atoms with Crippen molar-refractivity contribution in [3.8, 4) is 11.5 Å². The van der Waals surface area contributed by atoms with E-state index < -0.39 is 0 Å². The molecule has 21 heavy (non-hydrogen) atoms. The van der Waals surface area contributed by atoms with Crippen LogP contribution >= 0.6 is 11.8 Å². The molecule has 2 rings (SSSR count). The zero-order valence-corrected chi connectivity index (χ0v) is 12.4. The number of amides is 2. The predicted octanol–water partition coefficient (Wildman–Crippen LogP) is 1.30. The number of aromatic nitrogens is 2. The first-order chi connectivity index (χ1) is 10.1. The molecule has 110 valence electrons. The van der Waals surface area contributed by atoms with E-state index in [4.69, 9.17) is 4.42 Å². The standard InChI is InChI=1S/C13H14N4O3S/c1-8-5-3-4-6-10(8)12-16-17-13(20-12)21-7-11(19)15-14-9(2)18/h3-6H,7H2,1-2H3,(H,14,18)(H,15,19). The molecule has 0 saturated carbocycles. The highest BCUT2D eigenvalue weighted by molar-refractivity contribution is 7.99. The largest absolute Gasteiger partial charge is 0.411 e. The molecule has 8 heteroatoms. The van der Waals surface area contributed by atoms with Crippen LogP contribution in [0.25, 0.3) is 11.5 Å². The molecule has 0 spiro atoms. The van der Waals surface area contributed by atoms with Gasteiger partial charge >= 0.3 is 0 Å². The Balaban J connectivity index is 1.93. The molecule has 0 aliphatic heterocycles. The van der Waals surface area contributed by atoms with Gasteiger partial charge in [0, 0.05) is 12.5 Å². The van der Waals surface area contributed by atoms with Crippen LogP contribution in [-0.4, -0.2) is 27.8 Å². The van der Waals surface area contributed by atoms with Gasteiger partial charge < -0.3 is 4.42 Å². The van der Waals surface area contributed by atoms with Crippen LogP contribution in [0, 0.1) is 6.92 Å². The molecule has 0 fully saturated rings. The number of hydrogen-bond acceptors (Lipinski definition) is 6. The van der Waals surface area contributed by atoms with Gasteiger partial charge in [-0.1, -0.05) is 30.0 Å². The SMILES string of the molecule is CC(=O)NNC(=O)CSc1nnc(-c2ccccc2C)o1. The van der Waals surface area contributed by atoms with Crippen molar-refractivity contribution < 1.29 is 14.0 Å². The number of nitrogens with one attached hydrogen (secondary N) is 2. The van der Waals surface area contributed by atoms with Gasteiger partial charge in [-0.05, 0) is 18.6 Å². The lowest BCUT2D eigenvalue weighted by atomic mass is 10.1. The number of rotatable bonds is 4. The highest BCUT2D eigenvalue weighted by Crippen LogP contribution is 2.25. The summed E-state index contributed by atoms with van der Waals surface area (Å²) in [6.45, 7) is 3.26. The van der Waals surface area contributed by atoms with Crippen LogP contribution in [-0.2, 0) is 9.59 Å². The van der Waals surface area contributed by atoms with Gasteiger partial charge in [-0.3, -0.25) is 20.4 Å². The summed E-state index contributed by atoms with van der Waals surface area (Å²) in [6, 6.07) is 7.66. The summed E-state index contributed by atoms with van der Waals surface area (Å²) < 4.78 is 5.50. The Morgan fingerprint density at radius 1 is 1.24 bits per heavy atom. The Hall–Kier alpha value is -2.35. The molecule has 0 bridgehead atoms. The number of aryl methyl sites for hydroxylation is 1. The van der Waals surface area contributed by atoms with Crippen molar-refractivity contribution in [2.75, 3.05) is 5.75 Å². The van der Waals surface area contributed by atoms with Crippen molar-refractivity contribution in [1.29, 1.82) is 0 Å². The third kappa shape index (κ3) is 4.32. The average Bonchev–Trinajstić information content (AvgIpc) is 2.92. The molecule has 2 N–H and O–H groups in total. The molecule has 1 aromatic carbocycles. The summed E-state index contributed by atoms with van der Waals surface area (Å²) in [4.78, 5) is 22.1. The lowest BCUT2D eigenvalue weighted by Crippen LogP contribution is -2.41. The number of carbonyl (C=O) groups is 2. The first-order valence-electron chi connectivity index (χ1n) is 6.14. The van der Waals surface area contributed by atoms with Crippen molar-refractivity contribution in [1.82, 2.24) is 21.0 Å². The number of benzene rings is 1. The van der Waals surface area contributed by atoms with Gasteiger partial charge in [0.25, 0.3) is 5.22 Å². The normalized spacial score (nSPS) is 10.2. The molecule has 2 amide bonds. The molecular weight excluding hydrogens is 292 g/mol. The molecular formula is C13H14N4O3S. The minimum absolute atomic E-state index is 0.0652. The minimum Gasteiger partial charge on any atom is -0.411 e. The van der Waals surface area contributed by atoms with Gasteiger partial charge in [0.2, 0.25) is 17.7 Å². The quantitative estimate of drug-likeness (QED) is 0.653. The first-order valence-corrected chi connectivity index (χ1v) is 7.12. The van der Waals surface area contributed by atoms with Crippen LogP contribution in [0.5, 0.6) is 0 Å². The second-order valence-corrected chi connectivity index (χ2v) is 5.13. The van der Waals surface area contributed by atoms with Crippen molar-refractivity contribution in [2.45, 2.75) is 19.1 Å². The van der Waals surface area contributed by atoms with E-state index in [1.807, 2.05) is 31.2 Å². The number of hydrogen-bond donors (Lipinski definition) is 2. The van der Waals surface area contributed by atoms with Crippen LogP contribution in [0.15, 0.2) is 33.9 Å². The second-order valence-electron chi connectivity index (χ2n) is 4.21. The monoisotopic (exact) mass is 306 g/mol. The molecule has 0 aliphatic carbocycles. The maximum absolute atomic E-state index is 11.4. The van der Waals surface area contributed by atoms with Crippen molar-refractivity contribution in [3.63, 3.8) is 0 Å². The van der Waals surface area contributed by atoms with Crippen molar-refractivity contribution in [3.05, 3.63) is 29.8 Å². The minimum atomic E-state index is -0.356. The Morgan fingerprint density at radius 3 is 2.71 bits per heavy atom. The third-order valence-electron chi connectivity index (χ3n) is 2.49.